The van der Waals surface area contributed by atoms with Crippen molar-refractivity contribution in [2.75, 3.05) is 0 Å². The number of hydrogen-bond donors (Lipinski definition) is 1. The van der Waals surface area contributed by atoms with Crippen LogP contribution in [-0.4, -0.2) is 27.0 Å². The lowest BCUT2D eigenvalue weighted by molar-refractivity contribution is 0.103. The summed E-state index contributed by atoms with van der Waals surface area (Å²) in [5.74, 6) is 0.0638. The molecule has 4 aromatic carbocycles. The summed E-state index contributed by atoms with van der Waals surface area (Å²) in [7, 11) is 0. The molecule has 0 amide bonds. The Bertz CT molecular complexity index is 1260. The molecule has 0 fully saturated rings. The predicted octanol–water partition coefficient (Wildman–Crippen LogP) is 7.08. The Labute approximate surface area is 230 Å². The molecular weight excluding hydrogens is 490 g/mol. The highest BCUT2D eigenvalue weighted by Crippen LogP contribution is 2.06. The van der Waals surface area contributed by atoms with Crippen molar-refractivity contribution in [1.29, 1.82) is 0 Å². The summed E-state index contributed by atoms with van der Waals surface area (Å²) < 4.78 is 0. The van der Waals surface area contributed by atoms with Gasteiger partial charge in [-0.05, 0) is 23.3 Å². The normalized spacial score (nSPS) is 9.89. The monoisotopic (exact) mass is 519 g/mol. The van der Waals surface area contributed by atoms with E-state index in [-0.39, 0.29) is 25.1 Å². The van der Waals surface area contributed by atoms with Crippen molar-refractivity contribution in [1.82, 2.24) is 15.4 Å². The summed E-state index contributed by atoms with van der Waals surface area (Å²) in [6.45, 7) is 0. The van der Waals surface area contributed by atoms with Crippen LogP contribution in [-0.2, 0) is 0 Å². The van der Waals surface area contributed by atoms with E-state index in [1.807, 2.05) is 133 Å². The molecule has 1 heterocycles. The second-order valence-corrected chi connectivity index (χ2v) is 7.61. The first-order valence-corrected chi connectivity index (χ1v) is 11.7. The van der Waals surface area contributed by atoms with Crippen LogP contribution in [0.5, 0.6) is 0 Å². The summed E-state index contributed by atoms with van der Waals surface area (Å²) in [6, 6.07) is 38.1. The summed E-state index contributed by atoms with van der Waals surface area (Å²) in [6.07, 6.45) is 10.1. The van der Waals surface area contributed by atoms with E-state index in [0.717, 1.165) is 22.3 Å². The van der Waals surface area contributed by atoms with Gasteiger partial charge in [0.15, 0.2) is 11.6 Å². The molecule has 1 aromatic heterocycles. The minimum absolute atomic E-state index is 0. The van der Waals surface area contributed by atoms with Crippen LogP contribution in [0.3, 0.4) is 0 Å². The molecule has 0 bridgehead atoms. The van der Waals surface area contributed by atoms with Crippen LogP contribution in [0.4, 0.5) is 0 Å². The van der Waals surface area contributed by atoms with Crippen LogP contribution in [0, 0.1) is 0 Å². The third kappa shape index (κ3) is 11.3. The van der Waals surface area contributed by atoms with Crippen molar-refractivity contribution in [2.45, 2.75) is 0 Å². The van der Waals surface area contributed by atoms with Gasteiger partial charge < -0.3 is 0 Å². The molecule has 0 aliphatic rings. The number of ketones is 2. The molecule has 0 saturated heterocycles. The van der Waals surface area contributed by atoms with E-state index in [9.17, 15) is 9.59 Å². The Balaban J connectivity index is 0.000000221. The van der Waals surface area contributed by atoms with Gasteiger partial charge in [0.2, 0.25) is 0 Å². The Morgan fingerprint density at radius 1 is 0.553 bits per heavy atom. The standard InChI is InChI=1S/2C15H12O.C2H3N3.H2S/c2*16-15(14-9-5-2-6-10-14)12-11-13-7-3-1-4-8-13;1-2-4-5-3-1;/h2*1-12H;1-2H,(H,3,4,5);1H2/b2*12-11+;;. The molecule has 0 aliphatic carbocycles. The van der Waals surface area contributed by atoms with Gasteiger partial charge in [0.05, 0.1) is 6.20 Å². The fraction of sp³-hybridized carbons (Fsp3) is 0. The quantitative estimate of drug-likeness (QED) is 0.192. The van der Waals surface area contributed by atoms with E-state index < -0.39 is 0 Å². The number of nitrogens with one attached hydrogen (secondary N) is 1. The number of aromatic amines is 1. The highest BCUT2D eigenvalue weighted by molar-refractivity contribution is 7.59. The molecule has 5 nitrogen and oxygen atoms in total. The van der Waals surface area contributed by atoms with Crippen molar-refractivity contribution < 1.29 is 9.59 Å². The van der Waals surface area contributed by atoms with E-state index in [0.29, 0.717) is 0 Å². The van der Waals surface area contributed by atoms with E-state index in [2.05, 4.69) is 15.4 Å². The van der Waals surface area contributed by atoms with Crippen molar-refractivity contribution in [3.8, 4) is 0 Å². The molecule has 0 unspecified atom stereocenters. The lowest BCUT2D eigenvalue weighted by Crippen LogP contribution is -1.92. The molecule has 190 valence electrons. The third-order valence-corrected chi connectivity index (χ3v) is 4.90. The average Bonchev–Trinajstić information content (AvgIpc) is 3.58. The number of carbonyl (C=O) groups excluding carboxylic acids is 2. The molecule has 6 heteroatoms. The number of aromatic nitrogens is 3. The number of rotatable bonds is 6. The zero-order valence-electron chi connectivity index (χ0n) is 20.7. The number of hydrogen-bond acceptors (Lipinski definition) is 4. The van der Waals surface area contributed by atoms with Gasteiger partial charge in [0.25, 0.3) is 0 Å². The lowest BCUT2D eigenvalue weighted by atomic mass is 10.1. The van der Waals surface area contributed by atoms with Gasteiger partial charge in [-0.2, -0.15) is 13.5 Å². The Kier molecular flexibility index (Phi) is 13.6. The van der Waals surface area contributed by atoms with Crippen molar-refractivity contribution in [3.63, 3.8) is 0 Å². The van der Waals surface area contributed by atoms with E-state index in [4.69, 9.17) is 0 Å². The zero-order valence-corrected chi connectivity index (χ0v) is 21.7. The number of H-pyrrole nitrogens is 1. The van der Waals surface area contributed by atoms with Gasteiger partial charge in [0.1, 0.15) is 0 Å². The van der Waals surface area contributed by atoms with Crippen molar-refractivity contribution >= 4 is 37.2 Å². The molecule has 1 N–H and O–H groups in total. The minimum Gasteiger partial charge on any atom is -0.289 e. The smallest absolute Gasteiger partial charge is 0.185 e. The van der Waals surface area contributed by atoms with E-state index in [1.165, 1.54) is 0 Å². The molecule has 0 spiro atoms. The summed E-state index contributed by atoms with van der Waals surface area (Å²) in [5, 5.41) is 9.26. The second kappa shape index (κ2) is 17.6. The van der Waals surface area contributed by atoms with Gasteiger partial charge in [-0.3, -0.25) is 14.7 Å². The summed E-state index contributed by atoms with van der Waals surface area (Å²) in [5.41, 5.74) is 3.50. The summed E-state index contributed by atoms with van der Waals surface area (Å²) in [4.78, 5) is 23.5. The number of benzene rings is 4. The minimum atomic E-state index is 0. The van der Waals surface area contributed by atoms with Gasteiger partial charge in [-0.15, -0.1) is 5.10 Å². The number of nitrogens with zero attached hydrogens (tertiary/aromatic N) is 2. The van der Waals surface area contributed by atoms with Gasteiger partial charge in [-0.25, -0.2) is 0 Å². The van der Waals surface area contributed by atoms with Crippen LogP contribution in [0.2, 0.25) is 0 Å². The average molecular weight is 520 g/mol. The largest absolute Gasteiger partial charge is 0.289 e. The molecule has 0 atom stereocenters. The predicted molar refractivity (Wildman–Crippen MR) is 159 cm³/mol. The maximum Gasteiger partial charge on any atom is 0.185 e. The topological polar surface area (TPSA) is 75.7 Å². The Morgan fingerprint density at radius 2 is 0.921 bits per heavy atom. The molecule has 0 radical (unpaired) electrons. The molecule has 0 saturated carbocycles. The van der Waals surface area contributed by atoms with E-state index >= 15 is 0 Å². The van der Waals surface area contributed by atoms with Crippen molar-refractivity contribution in [3.05, 3.63) is 168 Å². The van der Waals surface area contributed by atoms with Gasteiger partial charge in [0, 0.05) is 17.3 Å². The van der Waals surface area contributed by atoms with E-state index in [1.54, 1.807) is 24.5 Å². The highest BCUT2D eigenvalue weighted by atomic mass is 32.1. The maximum atomic E-state index is 11.7. The van der Waals surface area contributed by atoms with Crippen molar-refractivity contribution in [2.24, 2.45) is 0 Å². The SMILES string of the molecule is O=C(/C=C/c1ccccc1)c1ccccc1.O=C(/C=C/c1ccccc1)c1ccccc1.S.c1c[nH]nn1. The maximum absolute atomic E-state index is 11.7. The highest BCUT2D eigenvalue weighted by Gasteiger charge is 1.99. The molecule has 5 rings (SSSR count). The molecule has 38 heavy (non-hydrogen) atoms. The number of carbonyl (C=O) groups is 2. The van der Waals surface area contributed by atoms with Crippen LogP contribution in [0.1, 0.15) is 31.8 Å². The first kappa shape index (κ1) is 29.4. The molecular formula is C32H29N3O2S. The fourth-order valence-electron chi connectivity index (χ4n) is 3.04. The first-order chi connectivity index (χ1) is 18.2. The fourth-order valence-corrected chi connectivity index (χ4v) is 3.04. The summed E-state index contributed by atoms with van der Waals surface area (Å²) >= 11 is 0. The molecule has 5 aromatic rings. The number of allylic oxidation sites excluding steroid dienone is 2. The molecule has 0 aliphatic heterocycles. The van der Waals surface area contributed by atoms with Gasteiger partial charge >= 0.3 is 0 Å². The first-order valence-electron chi connectivity index (χ1n) is 11.7. The third-order valence-electron chi connectivity index (χ3n) is 4.90. The van der Waals surface area contributed by atoms with Crippen LogP contribution < -0.4 is 0 Å². The van der Waals surface area contributed by atoms with Gasteiger partial charge in [-0.1, -0.05) is 139 Å². The zero-order chi connectivity index (χ0) is 26.0. The Morgan fingerprint density at radius 3 is 1.21 bits per heavy atom. The van der Waals surface area contributed by atoms with Crippen LogP contribution in [0.25, 0.3) is 12.2 Å². The second-order valence-electron chi connectivity index (χ2n) is 7.61. The lowest BCUT2D eigenvalue weighted by Gasteiger charge is -1.94. The Hall–Kier alpha value is -4.81. The van der Waals surface area contributed by atoms with Crippen LogP contribution in [0.15, 0.2) is 146 Å². The van der Waals surface area contributed by atoms with Crippen LogP contribution >= 0.6 is 13.5 Å².